The monoisotopic (exact) mass is 363 g/mol. The summed E-state index contributed by atoms with van der Waals surface area (Å²) in [5, 5.41) is 6.53. The predicted octanol–water partition coefficient (Wildman–Crippen LogP) is 1.81. The number of hydrogen-bond acceptors (Lipinski definition) is 6. The molecule has 2 aromatic rings. The van der Waals surface area contributed by atoms with E-state index in [1.165, 1.54) is 6.26 Å². The first-order valence-electron chi connectivity index (χ1n) is 8.05. The number of benzene rings is 1. The number of nitrogens with one attached hydrogen (secondary N) is 1. The molecule has 0 aliphatic carbocycles. The van der Waals surface area contributed by atoms with Crippen LogP contribution in [0.3, 0.4) is 0 Å². The molecule has 0 bridgehead atoms. The highest BCUT2D eigenvalue weighted by Crippen LogP contribution is 2.13. The Kier molecular flexibility index (Phi) is 5.52. The van der Waals surface area contributed by atoms with Crippen LogP contribution in [0.15, 0.2) is 57.1 Å². The van der Waals surface area contributed by atoms with Crippen LogP contribution in [-0.4, -0.2) is 45.4 Å². The van der Waals surface area contributed by atoms with Crippen molar-refractivity contribution in [2.45, 2.75) is 18.4 Å². The van der Waals surface area contributed by atoms with Gasteiger partial charge in [-0.3, -0.25) is 5.01 Å². The molecule has 1 saturated heterocycles. The summed E-state index contributed by atoms with van der Waals surface area (Å²) < 4.78 is 37.6. The van der Waals surface area contributed by atoms with Crippen molar-refractivity contribution < 1.29 is 17.6 Å². The molecule has 1 N–H and O–H groups in total. The third-order valence-electron chi connectivity index (χ3n) is 3.88. The van der Waals surface area contributed by atoms with E-state index in [9.17, 15) is 8.42 Å². The highest BCUT2D eigenvalue weighted by molar-refractivity contribution is 7.89. The summed E-state index contributed by atoms with van der Waals surface area (Å²) in [5.41, 5.74) is 1.73. The highest BCUT2D eigenvalue weighted by atomic mass is 32.2. The average Bonchev–Trinajstić information content (AvgIpc) is 3.15. The zero-order chi connectivity index (χ0) is 17.7. The molecule has 7 nitrogen and oxygen atoms in total. The van der Waals surface area contributed by atoms with E-state index in [0.29, 0.717) is 19.0 Å². The molecule has 8 heteroatoms. The van der Waals surface area contributed by atoms with Gasteiger partial charge in [-0.25, -0.2) is 13.1 Å². The van der Waals surface area contributed by atoms with Gasteiger partial charge in [0.25, 0.3) is 0 Å². The Morgan fingerprint density at radius 2 is 1.92 bits per heavy atom. The second-order valence-corrected chi connectivity index (χ2v) is 7.45. The van der Waals surface area contributed by atoms with Gasteiger partial charge in [0.1, 0.15) is 5.76 Å². The van der Waals surface area contributed by atoms with Gasteiger partial charge in [0, 0.05) is 0 Å². The lowest BCUT2D eigenvalue weighted by Crippen LogP contribution is -2.33. The minimum atomic E-state index is -3.58. The minimum absolute atomic E-state index is 0.120. The fourth-order valence-electron chi connectivity index (χ4n) is 2.46. The Morgan fingerprint density at radius 1 is 1.20 bits per heavy atom. The van der Waals surface area contributed by atoms with Crippen LogP contribution in [0.5, 0.6) is 0 Å². The first-order valence-corrected chi connectivity index (χ1v) is 9.53. The Balaban J connectivity index is 1.67. The summed E-state index contributed by atoms with van der Waals surface area (Å²) in [6.07, 6.45) is 1.51. The normalized spacial score (nSPS) is 16.2. The van der Waals surface area contributed by atoms with E-state index in [4.69, 9.17) is 9.15 Å². The van der Waals surface area contributed by atoms with Crippen molar-refractivity contribution in [2.24, 2.45) is 5.10 Å². The zero-order valence-corrected chi connectivity index (χ0v) is 14.8. The van der Waals surface area contributed by atoms with E-state index in [-0.39, 0.29) is 11.4 Å². The van der Waals surface area contributed by atoms with Crippen molar-refractivity contribution in [3.05, 3.63) is 54.0 Å². The molecular formula is C17H21N3O4S. The molecule has 2 heterocycles. The van der Waals surface area contributed by atoms with Crippen LogP contribution < -0.4 is 4.72 Å². The van der Waals surface area contributed by atoms with E-state index in [1.807, 2.05) is 11.9 Å². The highest BCUT2D eigenvalue weighted by Gasteiger charge is 2.15. The molecule has 134 valence electrons. The molecule has 0 radical (unpaired) electrons. The van der Waals surface area contributed by atoms with Gasteiger partial charge in [0.2, 0.25) is 10.0 Å². The quantitative estimate of drug-likeness (QED) is 0.792. The first kappa shape index (κ1) is 17.7. The van der Waals surface area contributed by atoms with Crippen molar-refractivity contribution in [1.29, 1.82) is 0 Å². The Labute approximate surface area is 147 Å². The van der Waals surface area contributed by atoms with Crippen molar-refractivity contribution >= 4 is 15.7 Å². The van der Waals surface area contributed by atoms with Gasteiger partial charge in [-0.2, -0.15) is 5.10 Å². The maximum absolute atomic E-state index is 12.3. The van der Waals surface area contributed by atoms with Crippen molar-refractivity contribution in [2.75, 3.05) is 26.3 Å². The molecule has 1 aromatic heterocycles. The molecule has 1 aliphatic rings. The Bertz CT molecular complexity index is 808. The molecule has 25 heavy (non-hydrogen) atoms. The number of morpholine rings is 1. The third kappa shape index (κ3) is 4.68. The lowest BCUT2D eigenvalue weighted by Gasteiger charge is -2.24. The van der Waals surface area contributed by atoms with Gasteiger partial charge in [-0.05, 0) is 36.8 Å². The van der Waals surface area contributed by atoms with Crippen molar-refractivity contribution in [1.82, 2.24) is 9.73 Å². The van der Waals surface area contributed by atoms with Crippen molar-refractivity contribution in [3.63, 3.8) is 0 Å². The van der Waals surface area contributed by atoms with Crippen LogP contribution in [-0.2, 0) is 21.3 Å². The summed E-state index contributed by atoms with van der Waals surface area (Å²) in [7, 11) is -3.58. The molecule has 1 aliphatic heterocycles. The van der Waals surface area contributed by atoms with E-state index >= 15 is 0 Å². The predicted molar refractivity (Wildman–Crippen MR) is 93.8 cm³/mol. The summed E-state index contributed by atoms with van der Waals surface area (Å²) in [4.78, 5) is 0.210. The number of hydrazone groups is 1. The number of ether oxygens (including phenoxy) is 1. The summed E-state index contributed by atoms with van der Waals surface area (Å²) in [6.45, 7) is 4.91. The van der Waals surface area contributed by atoms with Gasteiger partial charge < -0.3 is 9.15 Å². The lowest BCUT2D eigenvalue weighted by atomic mass is 10.1. The molecule has 0 saturated carbocycles. The maximum atomic E-state index is 12.3. The molecule has 0 atom stereocenters. The van der Waals surface area contributed by atoms with E-state index < -0.39 is 10.0 Å². The van der Waals surface area contributed by atoms with Gasteiger partial charge in [-0.1, -0.05) is 12.1 Å². The molecule has 3 rings (SSSR count). The average molecular weight is 363 g/mol. The van der Waals surface area contributed by atoms with Crippen LogP contribution in [0.25, 0.3) is 0 Å². The largest absolute Gasteiger partial charge is 0.468 e. The summed E-state index contributed by atoms with van der Waals surface area (Å²) >= 11 is 0. The van der Waals surface area contributed by atoms with Gasteiger partial charge in [0.15, 0.2) is 0 Å². The van der Waals surface area contributed by atoms with Crippen LogP contribution in [0.4, 0.5) is 0 Å². The Hall–Kier alpha value is -2.16. The second-order valence-electron chi connectivity index (χ2n) is 5.68. The minimum Gasteiger partial charge on any atom is -0.468 e. The van der Waals surface area contributed by atoms with Crippen molar-refractivity contribution in [3.8, 4) is 0 Å². The number of sulfonamides is 1. The fourth-order valence-corrected chi connectivity index (χ4v) is 3.45. The van der Waals surface area contributed by atoms with Crippen LogP contribution >= 0.6 is 0 Å². The molecule has 0 unspecified atom stereocenters. The molecule has 0 spiro atoms. The van der Waals surface area contributed by atoms with Crippen LogP contribution in [0.2, 0.25) is 0 Å². The molecule has 0 amide bonds. The number of hydrogen-bond donors (Lipinski definition) is 1. The van der Waals surface area contributed by atoms with Crippen LogP contribution in [0, 0.1) is 0 Å². The lowest BCUT2D eigenvalue weighted by molar-refractivity contribution is 0.0393. The van der Waals surface area contributed by atoms with Gasteiger partial charge in [0.05, 0.1) is 49.7 Å². The Morgan fingerprint density at radius 3 is 2.56 bits per heavy atom. The van der Waals surface area contributed by atoms with E-state index in [1.54, 1.807) is 36.4 Å². The summed E-state index contributed by atoms with van der Waals surface area (Å²) in [6, 6.07) is 10.1. The fraction of sp³-hybridized carbons (Fsp3) is 0.353. The first-order chi connectivity index (χ1) is 12.0. The van der Waals surface area contributed by atoms with Gasteiger partial charge in [-0.15, -0.1) is 0 Å². The number of furan rings is 1. The van der Waals surface area contributed by atoms with E-state index in [0.717, 1.165) is 24.4 Å². The molecule has 1 fully saturated rings. The van der Waals surface area contributed by atoms with Gasteiger partial charge >= 0.3 is 0 Å². The topological polar surface area (TPSA) is 84.1 Å². The maximum Gasteiger partial charge on any atom is 0.240 e. The second kappa shape index (κ2) is 7.81. The molecular weight excluding hydrogens is 342 g/mol. The standard InChI is InChI=1S/C17H21N3O4S/c1-14(19-20-8-11-23-12-9-20)15-4-6-17(7-5-15)25(21,22)18-13-16-3-2-10-24-16/h2-7,10,18H,8-9,11-13H2,1H3/b19-14+. The van der Waals surface area contributed by atoms with Crippen LogP contribution in [0.1, 0.15) is 18.2 Å². The number of rotatable bonds is 6. The smallest absolute Gasteiger partial charge is 0.240 e. The molecule has 1 aromatic carbocycles. The third-order valence-corrected chi connectivity index (χ3v) is 5.29. The SMILES string of the molecule is C/C(=N\N1CCOCC1)c1ccc(S(=O)(=O)NCc2ccco2)cc1. The number of nitrogens with zero attached hydrogens (tertiary/aromatic N) is 2. The van der Waals surface area contributed by atoms with E-state index in [2.05, 4.69) is 9.82 Å². The zero-order valence-electron chi connectivity index (χ0n) is 14.0. The summed E-state index contributed by atoms with van der Waals surface area (Å²) in [5.74, 6) is 0.564.